The lowest BCUT2D eigenvalue weighted by Gasteiger charge is -2.19. The van der Waals surface area contributed by atoms with Crippen molar-refractivity contribution in [3.63, 3.8) is 0 Å². The zero-order chi connectivity index (χ0) is 10.8. The predicted molar refractivity (Wildman–Crippen MR) is 68.4 cm³/mol. The molecule has 0 radical (unpaired) electrons. The number of hydrogen-bond donors (Lipinski definition) is 0. The molecule has 0 N–H and O–H groups in total. The second-order valence-electron chi connectivity index (χ2n) is 4.54. The molecule has 1 aromatic heterocycles. The number of rotatable bonds is 3. The van der Waals surface area contributed by atoms with Crippen LogP contribution in [0, 0.1) is 0 Å². The fourth-order valence-electron chi connectivity index (χ4n) is 1.86. The molecule has 1 heterocycles. The van der Waals surface area contributed by atoms with Crippen molar-refractivity contribution in [1.29, 1.82) is 0 Å². The average Bonchev–Trinajstić information content (AvgIpc) is 2.76. The molecule has 0 unspecified atom stereocenters. The van der Waals surface area contributed by atoms with Gasteiger partial charge in [0.05, 0.1) is 0 Å². The van der Waals surface area contributed by atoms with Crippen LogP contribution in [0.3, 0.4) is 0 Å². The third kappa shape index (κ3) is 2.32. The van der Waals surface area contributed by atoms with Gasteiger partial charge in [0, 0.05) is 17.5 Å². The molecule has 0 saturated carbocycles. The van der Waals surface area contributed by atoms with Crippen molar-refractivity contribution in [3.05, 3.63) is 28.0 Å². The number of likely N-dealkylation sites (N-methyl/N-ethyl adjacent to an activating group) is 1. The van der Waals surface area contributed by atoms with Gasteiger partial charge < -0.3 is 4.90 Å². The summed E-state index contributed by atoms with van der Waals surface area (Å²) in [5.74, 6) is 0. The van der Waals surface area contributed by atoms with Crippen LogP contribution in [0.25, 0.3) is 5.57 Å². The van der Waals surface area contributed by atoms with Crippen LogP contribution < -0.4 is 0 Å². The van der Waals surface area contributed by atoms with E-state index in [4.69, 9.17) is 0 Å². The van der Waals surface area contributed by atoms with E-state index in [1.54, 1.807) is 11.1 Å². The van der Waals surface area contributed by atoms with Gasteiger partial charge in [-0.2, -0.15) is 0 Å². The molecule has 0 saturated heterocycles. The summed E-state index contributed by atoms with van der Waals surface area (Å²) in [6.45, 7) is 5.55. The second kappa shape index (κ2) is 4.50. The Hall–Kier alpha value is -0.600. The van der Waals surface area contributed by atoms with Crippen molar-refractivity contribution >= 4 is 16.9 Å². The monoisotopic (exact) mass is 221 g/mol. The van der Waals surface area contributed by atoms with Crippen molar-refractivity contribution in [2.24, 2.45) is 0 Å². The van der Waals surface area contributed by atoms with E-state index < -0.39 is 0 Å². The molecule has 0 aromatic carbocycles. The van der Waals surface area contributed by atoms with Crippen LogP contribution in [-0.2, 0) is 6.42 Å². The van der Waals surface area contributed by atoms with Crippen LogP contribution in [0.5, 0.6) is 0 Å². The molecule has 1 aliphatic rings. The highest BCUT2D eigenvalue weighted by atomic mass is 32.1. The lowest BCUT2D eigenvalue weighted by Crippen LogP contribution is -2.26. The van der Waals surface area contributed by atoms with Crippen LogP contribution >= 0.6 is 11.3 Å². The smallest absolute Gasteiger partial charge is 0.0331 e. The molecular formula is C13H19NS. The molecule has 1 nitrogen and oxygen atoms in total. The summed E-state index contributed by atoms with van der Waals surface area (Å²) in [6, 6.07) is 2.90. The minimum Gasteiger partial charge on any atom is -0.300 e. The zero-order valence-electron chi connectivity index (χ0n) is 9.79. The first kappa shape index (κ1) is 10.9. The fourth-order valence-corrected chi connectivity index (χ4v) is 2.88. The normalized spacial score (nSPS) is 18.1. The molecular weight excluding hydrogens is 202 g/mol. The largest absolute Gasteiger partial charge is 0.300 e. The highest BCUT2D eigenvalue weighted by Gasteiger charge is 2.16. The molecule has 0 fully saturated rings. The van der Waals surface area contributed by atoms with Crippen molar-refractivity contribution < 1.29 is 0 Å². The van der Waals surface area contributed by atoms with Crippen LogP contribution in [-0.4, -0.2) is 24.5 Å². The van der Waals surface area contributed by atoms with Crippen LogP contribution in [0.15, 0.2) is 17.5 Å². The molecule has 0 atom stereocenters. The van der Waals surface area contributed by atoms with Gasteiger partial charge in [0.2, 0.25) is 0 Å². The Morgan fingerprint density at radius 2 is 2.27 bits per heavy atom. The molecule has 0 bridgehead atoms. The second-order valence-corrected chi connectivity index (χ2v) is 5.45. The Kier molecular flexibility index (Phi) is 3.27. The van der Waals surface area contributed by atoms with Crippen LogP contribution in [0.4, 0.5) is 0 Å². The van der Waals surface area contributed by atoms with Gasteiger partial charge in [0.25, 0.3) is 0 Å². The van der Waals surface area contributed by atoms with Gasteiger partial charge in [-0.3, -0.25) is 0 Å². The Morgan fingerprint density at radius 1 is 1.47 bits per heavy atom. The SMILES string of the molecule is CC(C)N(C)C/C=C1\CCc2ccsc21. The molecule has 1 aromatic rings. The first-order valence-corrected chi connectivity index (χ1v) is 6.52. The number of fused-ring (bicyclic) bond motifs is 1. The molecule has 0 amide bonds. The third-order valence-corrected chi connectivity index (χ3v) is 4.24. The van der Waals surface area contributed by atoms with Gasteiger partial charge in [-0.05, 0) is 56.3 Å². The van der Waals surface area contributed by atoms with E-state index in [9.17, 15) is 0 Å². The van der Waals surface area contributed by atoms with Gasteiger partial charge in [0.1, 0.15) is 0 Å². The minimum absolute atomic E-state index is 0.631. The number of nitrogens with zero attached hydrogens (tertiary/aromatic N) is 1. The lowest BCUT2D eigenvalue weighted by atomic mass is 10.2. The summed E-state index contributed by atoms with van der Waals surface area (Å²) in [5, 5.41) is 2.21. The van der Waals surface area contributed by atoms with Crippen LogP contribution in [0.2, 0.25) is 0 Å². The first-order chi connectivity index (χ1) is 7.18. The Balaban J connectivity index is 2.04. The standard InChI is InChI=1S/C13H19NS/c1-10(2)14(3)8-6-11-4-5-12-7-9-15-13(11)12/h6-7,9-10H,4-5,8H2,1-3H3/b11-6+. The average molecular weight is 221 g/mol. The quantitative estimate of drug-likeness (QED) is 0.756. The molecule has 0 aliphatic heterocycles. The van der Waals surface area contributed by atoms with Gasteiger partial charge in [-0.25, -0.2) is 0 Å². The first-order valence-electron chi connectivity index (χ1n) is 5.64. The molecule has 82 valence electrons. The van der Waals surface area contributed by atoms with Crippen molar-refractivity contribution in [2.75, 3.05) is 13.6 Å². The number of allylic oxidation sites excluding steroid dienone is 1. The highest BCUT2D eigenvalue weighted by molar-refractivity contribution is 7.11. The van der Waals surface area contributed by atoms with Gasteiger partial charge in [0.15, 0.2) is 0 Å². The molecule has 1 aliphatic carbocycles. The van der Waals surface area contributed by atoms with Crippen molar-refractivity contribution in [2.45, 2.75) is 32.7 Å². The van der Waals surface area contributed by atoms with E-state index in [0.717, 1.165) is 6.54 Å². The summed E-state index contributed by atoms with van der Waals surface area (Å²) < 4.78 is 0. The predicted octanol–water partition coefficient (Wildman–Crippen LogP) is 3.42. The zero-order valence-corrected chi connectivity index (χ0v) is 10.6. The maximum Gasteiger partial charge on any atom is 0.0331 e. The Morgan fingerprint density at radius 3 is 3.00 bits per heavy atom. The van der Waals surface area contributed by atoms with Gasteiger partial charge >= 0.3 is 0 Å². The summed E-state index contributed by atoms with van der Waals surface area (Å²) in [4.78, 5) is 3.91. The molecule has 2 rings (SSSR count). The van der Waals surface area contributed by atoms with E-state index >= 15 is 0 Å². The van der Waals surface area contributed by atoms with Crippen LogP contribution in [0.1, 0.15) is 30.7 Å². The van der Waals surface area contributed by atoms with Crippen molar-refractivity contribution in [1.82, 2.24) is 4.90 Å². The lowest BCUT2D eigenvalue weighted by molar-refractivity contribution is 0.303. The number of thiophene rings is 1. The maximum atomic E-state index is 2.41. The third-order valence-electron chi connectivity index (χ3n) is 3.21. The highest BCUT2D eigenvalue weighted by Crippen LogP contribution is 2.36. The minimum atomic E-state index is 0.631. The number of hydrogen-bond acceptors (Lipinski definition) is 2. The maximum absolute atomic E-state index is 2.41. The van der Waals surface area contributed by atoms with E-state index in [0.29, 0.717) is 6.04 Å². The van der Waals surface area contributed by atoms with E-state index in [-0.39, 0.29) is 0 Å². The molecule has 15 heavy (non-hydrogen) atoms. The van der Waals surface area contributed by atoms with Gasteiger partial charge in [-0.15, -0.1) is 11.3 Å². The summed E-state index contributed by atoms with van der Waals surface area (Å²) in [7, 11) is 2.19. The summed E-state index contributed by atoms with van der Waals surface area (Å²) >= 11 is 1.89. The van der Waals surface area contributed by atoms with Gasteiger partial charge in [-0.1, -0.05) is 6.08 Å². The van der Waals surface area contributed by atoms with E-state index in [2.05, 4.69) is 43.3 Å². The Bertz CT molecular complexity index is 362. The van der Waals surface area contributed by atoms with E-state index in [1.807, 2.05) is 11.3 Å². The Labute approximate surface area is 96.4 Å². The summed E-state index contributed by atoms with van der Waals surface area (Å²) in [6.07, 6.45) is 4.90. The van der Waals surface area contributed by atoms with E-state index in [1.165, 1.54) is 17.7 Å². The topological polar surface area (TPSA) is 3.24 Å². The number of aryl methyl sites for hydroxylation is 1. The van der Waals surface area contributed by atoms with Crippen molar-refractivity contribution in [3.8, 4) is 0 Å². The summed E-state index contributed by atoms with van der Waals surface area (Å²) in [5.41, 5.74) is 3.12. The molecule has 2 heteroatoms. The fraction of sp³-hybridized carbons (Fsp3) is 0.538. The molecule has 0 spiro atoms.